The zero-order valence-corrected chi connectivity index (χ0v) is 12.7. The molecule has 3 N–H and O–H groups in total. The third-order valence-corrected chi connectivity index (χ3v) is 3.12. The lowest BCUT2D eigenvalue weighted by molar-refractivity contribution is -0.0498. The Morgan fingerprint density at radius 3 is 2.36 bits per heavy atom. The molecule has 0 spiro atoms. The Bertz CT molecular complexity index is 726. The molecule has 2 aromatic carbocycles. The number of halogens is 4. The SMILES string of the molecule is O=C(NCC(O)c1ccc(F)c(F)c1)Nc1ccc(OC(F)F)cc1. The van der Waals surface area contributed by atoms with Gasteiger partial charge in [0.1, 0.15) is 5.75 Å². The number of benzene rings is 2. The van der Waals surface area contributed by atoms with Gasteiger partial charge in [-0.05, 0) is 42.0 Å². The van der Waals surface area contributed by atoms with Gasteiger partial charge >= 0.3 is 12.6 Å². The third-order valence-electron chi connectivity index (χ3n) is 3.12. The molecule has 0 aliphatic rings. The van der Waals surface area contributed by atoms with Gasteiger partial charge in [0, 0.05) is 12.2 Å². The van der Waals surface area contributed by atoms with Crippen LogP contribution in [0.25, 0.3) is 0 Å². The lowest BCUT2D eigenvalue weighted by Crippen LogP contribution is -2.32. The molecule has 0 heterocycles. The standard InChI is InChI=1S/C16H14F4N2O3/c17-12-6-1-9(7-13(12)18)14(23)8-21-16(24)22-10-2-4-11(5-3-10)25-15(19)20/h1-7,14-15,23H,8H2,(H2,21,22,24). The average molecular weight is 358 g/mol. The Balaban J connectivity index is 1.84. The Hall–Kier alpha value is -2.81. The maximum atomic E-state index is 13.1. The number of carbonyl (C=O) groups is 1. The molecule has 25 heavy (non-hydrogen) atoms. The van der Waals surface area contributed by atoms with Crippen LogP contribution in [0.5, 0.6) is 5.75 Å². The fraction of sp³-hybridized carbons (Fsp3) is 0.188. The summed E-state index contributed by atoms with van der Waals surface area (Å²) < 4.78 is 54.1. The number of hydrogen-bond acceptors (Lipinski definition) is 3. The van der Waals surface area contributed by atoms with Crippen molar-refractivity contribution < 1.29 is 32.2 Å². The van der Waals surface area contributed by atoms with E-state index in [1.165, 1.54) is 30.3 Å². The van der Waals surface area contributed by atoms with Crippen LogP contribution in [0.4, 0.5) is 28.0 Å². The van der Waals surface area contributed by atoms with Crippen molar-refractivity contribution in [3.63, 3.8) is 0 Å². The third kappa shape index (κ3) is 5.64. The number of rotatable bonds is 6. The van der Waals surface area contributed by atoms with Crippen molar-refractivity contribution in [3.8, 4) is 5.75 Å². The maximum absolute atomic E-state index is 13.1. The van der Waals surface area contributed by atoms with Gasteiger partial charge in [0.05, 0.1) is 6.10 Å². The normalized spacial score (nSPS) is 11.9. The number of anilines is 1. The van der Waals surface area contributed by atoms with Gasteiger partial charge in [0.25, 0.3) is 0 Å². The number of aliphatic hydroxyl groups excluding tert-OH is 1. The second-order valence-corrected chi connectivity index (χ2v) is 4.93. The van der Waals surface area contributed by atoms with E-state index in [1.807, 2.05) is 0 Å². The number of alkyl halides is 2. The molecular formula is C16H14F4N2O3. The highest BCUT2D eigenvalue weighted by Crippen LogP contribution is 2.18. The van der Waals surface area contributed by atoms with Crippen LogP contribution >= 0.6 is 0 Å². The molecule has 2 aromatic rings. The molecular weight excluding hydrogens is 344 g/mol. The highest BCUT2D eigenvalue weighted by Gasteiger charge is 2.12. The fourth-order valence-corrected chi connectivity index (χ4v) is 1.92. The van der Waals surface area contributed by atoms with Gasteiger partial charge in [-0.3, -0.25) is 0 Å². The summed E-state index contributed by atoms with van der Waals surface area (Å²) in [7, 11) is 0. The van der Waals surface area contributed by atoms with Crippen molar-refractivity contribution in [2.24, 2.45) is 0 Å². The van der Waals surface area contributed by atoms with Crippen LogP contribution in [0.15, 0.2) is 42.5 Å². The Kier molecular flexibility index (Phi) is 6.18. The first kappa shape index (κ1) is 18.5. The summed E-state index contributed by atoms with van der Waals surface area (Å²) in [6, 6.07) is 7.43. The number of carbonyl (C=O) groups excluding carboxylic acids is 1. The van der Waals surface area contributed by atoms with E-state index in [1.54, 1.807) is 0 Å². The van der Waals surface area contributed by atoms with Gasteiger partial charge in [0.2, 0.25) is 0 Å². The van der Waals surface area contributed by atoms with E-state index in [-0.39, 0.29) is 17.9 Å². The zero-order valence-electron chi connectivity index (χ0n) is 12.7. The Morgan fingerprint density at radius 2 is 1.76 bits per heavy atom. The van der Waals surface area contributed by atoms with E-state index in [0.717, 1.165) is 12.1 Å². The quantitative estimate of drug-likeness (QED) is 0.693. The van der Waals surface area contributed by atoms with Crippen LogP contribution in [0.2, 0.25) is 0 Å². The van der Waals surface area contributed by atoms with Gasteiger partial charge < -0.3 is 20.5 Å². The van der Waals surface area contributed by atoms with Crippen LogP contribution < -0.4 is 15.4 Å². The first-order valence-electron chi connectivity index (χ1n) is 7.08. The van der Waals surface area contributed by atoms with Crippen molar-refractivity contribution in [3.05, 3.63) is 59.7 Å². The summed E-state index contributed by atoms with van der Waals surface area (Å²) in [5.74, 6) is -2.21. The number of amides is 2. The molecule has 0 fully saturated rings. The summed E-state index contributed by atoms with van der Waals surface area (Å²) in [6.07, 6.45) is -1.23. The largest absolute Gasteiger partial charge is 0.435 e. The van der Waals surface area contributed by atoms with Crippen molar-refractivity contribution >= 4 is 11.7 Å². The highest BCUT2D eigenvalue weighted by molar-refractivity contribution is 5.89. The second kappa shape index (κ2) is 8.34. The van der Waals surface area contributed by atoms with Crippen molar-refractivity contribution in [1.82, 2.24) is 5.32 Å². The summed E-state index contributed by atoms with van der Waals surface area (Å²) >= 11 is 0. The van der Waals surface area contributed by atoms with Gasteiger partial charge in [0.15, 0.2) is 11.6 Å². The smallest absolute Gasteiger partial charge is 0.387 e. The lowest BCUT2D eigenvalue weighted by atomic mass is 10.1. The molecule has 9 heteroatoms. The number of ether oxygens (including phenoxy) is 1. The molecule has 0 saturated heterocycles. The predicted molar refractivity (Wildman–Crippen MR) is 81.4 cm³/mol. The molecule has 2 amide bonds. The van der Waals surface area contributed by atoms with E-state index in [0.29, 0.717) is 5.69 Å². The lowest BCUT2D eigenvalue weighted by Gasteiger charge is -2.13. The van der Waals surface area contributed by atoms with E-state index < -0.39 is 30.4 Å². The number of urea groups is 1. The minimum absolute atomic E-state index is 0.0604. The minimum atomic E-state index is -2.94. The van der Waals surface area contributed by atoms with Crippen molar-refractivity contribution in [2.45, 2.75) is 12.7 Å². The predicted octanol–water partition coefficient (Wildman–Crippen LogP) is 3.42. The molecule has 0 aliphatic carbocycles. The van der Waals surface area contributed by atoms with E-state index in [9.17, 15) is 27.5 Å². The maximum Gasteiger partial charge on any atom is 0.387 e. The molecule has 0 aromatic heterocycles. The number of nitrogens with one attached hydrogen (secondary N) is 2. The van der Waals surface area contributed by atoms with Crippen LogP contribution in [0.3, 0.4) is 0 Å². The van der Waals surface area contributed by atoms with Crippen LogP contribution in [-0.2, 0) is 0 Å². The molecule has 134 valence electrons. The van der Waals surface area contributed by atoms with E-state index >= 15 is 0 Å². The minimum Gasteiger partial charge on any atom is -0.435 e. The molecule has 1 atom stereocenters. The summed E-state index contributed by atoms with van der Waals surface area (Å²) in [5, 5.41) is 14.6. The van der Waals surface area contributed by atoms with E-state index in [2.05, 4.69) is 15.4 Å². The molecule has 5 nitrogen and oxygen atoms in total. The molecule has 0 saturated carbocycles. The first-order valence-corrected chi connectivity index (χ1v) is 7.08. The van der Waals surface area contributed by atoms with Crippen LogP contribution in [0.1, 0.15) is 11.7 Å². The average Bonchev–Trinajstić information content (AvgIpc) is 2.56. The van der Waals surface area contributed by atoms with Crippen LogP contribution in [-0.4, -0.2) is 24.3 Å². The Morgan fingerprint density at radius 1 is 1.08 bits per heavy atom. The second-order valence-electron chi connectivity index (χ2n) is 4.93. The summed E-state index contributed by atoms with van der Waals surface area (Å²) in [6.45, 7) is -3.19. The molecule has 0 aliphatic heterocycles. The number of hydrogen-bond donors (Lipinski definition) is 3. The fourth-order valence-electron chi connectivity index (χ4n) is 1.92. The number of aliphatic hydroxyl groups is 1. The molecule has 1 unspecified atom stereocenters. The van der Waals surface area contributed by atoms with Crippen LogP contribution in [0, 0.1) is 11.6 Å². The van der Waals surface area contributed by atoms with Gasteiger partial charge in [-0.25, -0.2) is 13.6 Å². The van der Waals surface area contributed by atoms with Crippen molar-refractivity contribution in [2.75, 3.05) is 11.9 Å². The van der Waals surface area contributed by atoms with Gasteiger partial charge in [-0.1, -0.05) is 6.07 Å². The molecule has 0 bridgehead atoms. The highest BCUT2D eigenvalue weighted by atomic mass is 19.3. The Labute approximate surface area is 140 Å². The van der Waals surface area contributed by atoms with Crippen molar-refractivity contribution in [1.29, 1.82) is 0 Å². The topological polar surface area (TPSA) is 70.6 Å². The summed E-state index contributed by atoms with van der Waals surface area (Å²) in [5.41, 5.74) is 0.411. The molecule has 2 rings (SSSR count). The first-order chi connectivity index (χ1) is 11.8. The molecule has 0 radical (unpaired) electrons. The van der Waals surface area contributed by atoms with Gasteiger partial charge in [-0.2, -0.15) is 8.78 Å². The monoisotopic (exact) mass is 358 g/mol. The van der Waals surface area contributed by atoms with Gasteiger partial charge in [-0.15, -0.1) is 0 Å². The van der Waals surface area contributed by atoms with E-state index in [4.69, 9.17) is 0 Å². The summed E-state index contributed by atoms with van der Waals surface area (Å²) in [4.78, 5) is 11.7. The zero-order chi connectivity index (χ0) is 18.4.